The maximum absolute atomic E-state index is 10.5. The Kier molecular flexibility index (Phi) is 4.34. The zero-order chi connectivity index (χ0) is 18.1. The average molecular weight is 365 g/mol. The Balaban J connectivity index is 1.60. The van der Waals surface area contributed by atoms with Crippen molar-refractivity contribution in [2.75, 3.05) is 13.2 Å². The molecule has 0 aliphatic carbocycles. The van der Waals surface area contributed by atoms with Crippen molar-refractivity contribution in [2.24, 2.45) is 0 Å². The van der Waals surface area contributed by atoms with E-state index in [0.29, 0.717) is 36.1 Å². The number of nitrogens with one attached hydrogen (secondary N) is 1. The van der Waals surface area contributed by atoms with E-state index < -0.39 is 0 Å². The summed E-state index contributed by atoms with van der Waals surface area (Å²) in [6, 6.07) is 15.7. The summed E-state index contributed by atoms with van der Waals surface area (Å²) in [5, 5.41) is 19.7. The normalized spacial score (nSPS) is 14.5. The summed E-state index contributed by atoms with van der Waals surface area (Å²) in [6.45, 7) is 3.36. The highest BCUT2D eigenvalue weighted by Gasteiger charge is 2.30. The van der Waals surface area contributed by atoms with Crippen LogP contribution in [-0.2, 0) is 6.54 Å². The lowest BCUT2D eigenvalue weighted by Crippen LogP contribution is -2.26. The summed E-state index contributed by atoms with van der Waals surface area (Å²) in [4.78, 5) is 6.43. The minimum atomic E-state index is 0.197. The van der Waals surface area contributed by atoms with Gasteiger partial charge in [0.15, 0.2) is 0 Å². The molecule has 0 bridgehead atoms. The van der Waals surface area contributed by atoms with E-state index in [1.54, 1.807) is 0 Å². The fourth-order valence-corrected chi connectivity index (χ4v) is 4.14. The molecule has 4 rings (SSSR count). The molecular weight excluding hydrogens is 346 g/mol. The number of aromatic nitrogens is 1. The molecule has 1 aliphatic heterocycles. The van der Waals surface area contributed by atoms with Gasteiger partial charge in [0, 0.05) is 12.1 Å². The highest BCUT2D eigenvalue weighted by molar-refractivity contribution is 7.19. The van der Waals surface area contributed by atoms with Gasteiger partial charge in [0.2, 0.25) is 0 Å². The van der Waals surface area contributed by atoms with Crippen molar-refractivity contribution in [1.82, 2.24) is 9.88 Å². The number of aliphatic hydroxyl groups excluding tert-OH is 1. The molecule has 2 aromatic carbocycles. The number of fused-ring (bicyclic) bond motifs is 1. The monoisotopic (exact) mass is 365 g/mol. The van der Waals surface area contributed by atoms with E-state index in [1.165, 1.54) is 11.3 Å². The molecule has 0 atom stereocenters. The van der Waals surface area contributed by atoms with Crippen LogP contribution in [0.2, 0.25) is 0 Å². The molecule has 1 aliphatic rings. The third-order valence-corrected chi connectivity index (χ3v) is 5.38. The topological polar surface area (TPSA) is 69.4 Å². The molecular formula is C20H19N3O2S. The maximum Gasteiger partial charge on any atom is 0.135 e. The molecule has 0 amide bonds. The summed E-state index contributed by atoms with van der Waals surface area (Å²) in [6.07, 6.45) is 0. The van der Waals surface area contributed by atoms with Gasteiger partial charge in [0.05, 0.1) is 28.9 Å². The molecule has 2 N–H and O–H groups in total. The van der Waals surface area contributed by atoms with Gasteiger partial charge in [-0.05, 0) is 25.1 Å². The van der Waals surface area contributed by atoms with Crippen LogP contribution in [0.3, 0.4) is 0 Å². The van der Waals surface area contributed by atoms with Crippen LogP contribution in [-0.4, -0.2) is 34.0 Å². The molecule has 132 valence electrons. The summed E-state index contributed by atoms with van der Waals surface area (Å²) >= 11 is 1.50. The van der Waals surface area contributed by atoms with E-state index in [0.717, 1.165) is 21.5 Å². The van der Waals surface area contributed by atoms with Crippen molar-refractivity contribution in [1.29, 1.82) is 5.41 Å². The van der Waals surface area contributed by atoms with Crippen LogP contribution in [0, 0.1) is 5.41 Å². The molecule has 0 spiro atoms. The zero-order valence-electron chi connectivity index (χ0n) is 14.4. The van der Waals surface area contributed by atoms with Crippen LogP contribution in [0.25, 0.3) is 15.8 Å². The number of para-hydroxylation sites is 2. The molecule has 26 heavy (non-hydrogen) atoms. The second kappa shape index (κ2) is 6.80. The van der Waals surface area contributed by atoms with Gasteiger partial charge in [0.25, 0.3) is 0 Å². The largest absolute Gasteiger partial charge is 0.510 e. The Hall–Kier alpha value is -2.86. The summed E-state index contributed by atoms with van der Waals surface area (Å²) in [5.41, 5.74) is 2.42. The van der Waals surface area contributed by atoms with Crippen molar-refractivity contribution in [3.05, 3.63) is 64.9 Å². The highest BCUT2D eigenvalue weighted by Crippen LogP contribution is 2.34. The lowest BCUT2D eigenvalue weighted by molar-refractivity contribution is 0.321. The number of amidine groups is 1. The van der Waals surface area contributed by atoms with Gasteiger partial charge < -0.3 is 14.7 Å². The van der Waals surface area contributed by atoms with E-state index in [9.17, 15) is 5.11 Å². The number of hydrogen-bond donors (Lipinski definition) is 2. The van der Waals surface area contributed by atoms with Crippen LogP contribution in [0.15, 0.2) is 54.3 Å². The molecule has 5 nitrogen and oxygen atoms in total. The van der Waals surface area contributed by atoms with Crippen LogP contribution >= 0.6 is 11.3 Å². The second-order valence-corrected chi connectivity index (χ2v) is 7.08. The van der Waals surface area contributed by atoms with Crippen molar-refractivity contribution >= 4 is 33.0 Å². The Morgan fingerprint density at radius 3 is 2.77 bits per heavy atom. The van der Waals surface area contributed by atoms with Gasteiger partial charge >= 0.3 is 0 Å². The molecule has 0 radical (unpaired) electrons. The molecule has 0 saturated heterocycles. The second-order valence-electron chi connectivity index (χ2n) is 6.05. The lowest BCUT2D eigenvalue weighted by Gasteiger charge is -2.20. The Morgan fingerprint density at radius 1 is 1.19 bits per heavy atom. The van der Waals surface area contributed by atoms with Crippen LogP contribution in [0.1, 0.15) is 17.5 Å². The van der Waals surface area contributed by atoms with Gasteiger partial charge in [-0.25, -0.2) is 4.98 Å². The predicted octanol–water partition coefficient (Wildman–Crippen LogP) is 4.46. The first-order chi connectivity index (χ1) is 12.7. The molecule has 0 saturated carbocycles. The first-order valence-electron chi connectivity index (χ1n) is 8.50. The Labute approximate surface area is 155 Å². The molecule has 0 fully saturated rings. The van der Waals surface area contributed by atoms with Gasteiger partial charge in [-0.15, -0.1) is 11.3 Å². The van der Waals surface area contributed by atoms with Gasteiger partial charge in [-0.1, -0.05) is 30.3 Å². The number of nitrogens with zero attached hydrogens (tertiary/aromatic N) is 2. The van der Waals surface area contributed by atoms with Crippen molar-refractivity contribution < 1.29 is 9.84 Å². The zero-order valence-corrected chi connectivity index (χ0v) is 15.2. The van der Waals surface area contributed by atoms with Crippen LogP contribution < -0.4 is 4.74 Å². The molecule has 3 aromatic rings. The van der Waals surface area contributed by atoms with Gasteiger partial charge in [-0.3, -0.25) is 5.41 Å². The Morgan fingerprint density at radius 2 is 1.96 bits per heavy atom. The van der Waals surface area contributed by atoms with Crippen LogP contribution in [0.5, 0.6) is 5.75 Å². The fourth-order valence-electron chi connectivity index (χ4n) is 3.11. The van der Waals surface area contributed by atoms with E-state index in [-0.39, 0.29) is 5.76 Å². The summed E-state index contributed by atoms with van der Waals surface area (Å²) in [7, 11) is 0. The predicted molar refractivity (Wildman–Crippen MR) is 105 cm³/mol. The van der Waals surface area contributed by atoms with E-state index in [1.807, 2.05) is 60.4 Å². The maximum atomic E-state index is 10.5. The summed E-state index contributed by atoms with van der Waals surface area (Å²) < 4.78 is 6.73. The van der Waals surface area contributed by atoms with E-state index >= 15 is 0 Å². The SMILES string of the molecule is CCOc1ccccc1CN1CC(O)=C(c2nc3ccccc3s2)C1=N. The standard InChI is InChI=1S/C20H19N3O2S/c1-2-25-16-9-5-3-7-13(16)11-23-12-15(24)18(19(23)21)20-22-14-8-4-6-10-17(14)26-20/h3-10,21,24H,2,11-12H2,1H3. The van der Waals surface area contributed by atoms with E-state index in [4.69, 9.17) is 10.1 Å². The molecule has 6 heteroatoms. The molecule has 0 unspecified atom stereocenters. The minimum absolute atomic E-state index is 0.197. The quantitative estimate of drug-likeness (QED) is 0.700. The number of benzene rings is 2. The first kappa shape index (κ1) is 16.6. The summed E-state index contributed by atoms with van der Waals surface area (Å²) in [5.74, 6) is 1.31. The average Bonchev–Trinajstić information content (AvgIpc) is 3.17. The fraction of sp³-hybridized carbons (Fsp3) is 0.200. The number of ether oxygens (including phenoxy) is 1. The van der Waals surface area contributed by atoms with Crippen molar-refractivity contribution in [2.45, 2.75) is 13.5 Å². The smallest absolute Gasteiger partial charge is 0.135 e. The molecule has 1 aromatic heterocycles. The first-order valence-corrected chi connectivity index (χ1v) is 9.31. The number of hydrogen-bond acceptors (Lipinski definition) is 5. The molecule has 2 heterocycles. The highest BCUT2D eigenvalue weighted by atomic mass is 32.1. The Bertz CT molecular complexity index is 976. The van der Waals surface area contributed by atoms with Gasteiger partial charge in [-0.2, -0.15) is 0 Å². The van der Waals surface area contributed by atoms with Crippen molar-refractivity contribution in [3.8, 4) is 5.75 Å². The third kappa shape index (κ3) is 2.93. The number of thiazole rings is 1. The third-order valence-electron chi connectivity index (χ3n) is 4.32. The number of aliphatic hydroxyl groups is 1. The number of rotatable bonds is 5. The van der Waals surface area contributed by atoms with E-state index in [2.05, 4.69) is 4.98 Å². The minimum Gasteiger partial charge on any atom is -0.510 e. The van der Waals surface area contributed by atoms with Gasteiger partial charge in [0.1, 0.15) is 22.4 Å². The lowest BCUT2D eigenvalue weighted by atomic mass is 10.2. The van der Waals surface area contributed by atoms with Crippen LogP contribution in [0.4, 0.5) is 0 Å². The van der Waals surface area contributed by atoms with Crippen molar-refractivity contribution in [3.63, 3.8) is 0 Å².